The van der Waals surface area contributed by atoms with Gasteiger partial charge >= 0.3 is 0 Å². The smallest absolute Gasteiger partial charge is 0.142 e. The van der Waals surface area contributed by atoms with Gasteiger partial charge in [-0.2, -0.15) is 0 Å². The molecular formula is C11H13BrClF. The zero-order chi connectivity index (χ0) is 10.6. The molecule has 0 amide bonds. The van der Waals surface area contributed by atoms with Crippen molar-refractivity contribution in [2.24, 2.45) is 0 Å². The lowest BCUT2D eigenvalue weighted by molar-refractivity contribution is 0.624. The summed E-state index contributed by atoms with van der Waals surface area (Å²) in [6, 6.07) is 5.01. The van der Waals surface area contributed by atoms with Crippen molar-refractivity contribution in [1.29, 1.82) is 0 Å². The van der Waals surface area contributed by atoms with Gasteiger partial charge in [-0.15, -0.1) is 0 Å². The number of halogens is 3. The van der Waals surface area contributed by atoms with Crippen LogP contribution < -0.4 is 0 Å². The van der Waals surface area contributed by atoms with Crippen molar-refractivity contribution in [2.45, 2.75) is 31.0 Å². The molecule has 0 aromatic heterocycles. The van der Waals surface area contributed by atoms with E-state index in [1.54, 1.807) is 6.07 Å². The minimum absolute atomic E-state index is 0.197. The summed E-state index contributed by atoms with van der Waals surface area (Å²) in [5.41, 5.74) is 1.01. The van der Waals surface area contributed by atoms with Crippen LogP contribution in [0.25, 0.3) is 0 Å². The molecule has 0 N–H and O–H groups in total. The van der Waals surface area contributed by atoms with Crippen LogP contribution in [0.1, 0.15) is 25.3 Å². The van der Waals surface area contributed by atoms with Crippen molar-refractivity contribution >= 4 is 27.5 Å². The molecule has 0 aliphatic carbocycles. The van der Waals surface area contributed by atoms with Gasteiger partial charge in [-0.25, -0.2) is 4.39 Å². The van der Waals surface area contributed by atoms with Crippen LogP contribution in [0.4, 0.5) is 4.39 Å². The molecule has 14 heavy (non-hydrogen) atoms. The fourth-order valence-corrected chi connectivity index (χ4v) is 1.72. The number of hydrogen-bond donors (Lipinski definition) is 0. The molecule has 1 rings (SSSR count). The lowest BCUT2D eigenvalue weighted by atomic mass is 10.1. The summed E-state index contributed by atoms with van der Waals surface area (Å²) in [4.78, 5) is 0.527. The molecule has 0 heterocycles. The van der Waals surface area contributed by atoms with Crippen molar-refractivity contribution in [1.82, 2.24) is 0 Å². The Kier molecular flexibility index (Phi) is 4.90. The van der Waals surface area contributed by atoms with Crippen LogP contribution in [0.2, 0.25) is 5.02 Å². The number of benzene rings is 1. The molecule has 0 radical (unpaired) electrons. The van der Waals surface area contributed by atoms with E-state index in [2.05, 4.69) is 22.9 Å². The Balaban J connectivity index is 2.47. The Morgan fingerprint density at radius 3 is 2.79 bits per heavy atom. The summed E-state index contributed by atoms with van der Waals surface area (Å²) in [6.45, 7) is 2.11. The molecule has 0 fully saturated rings. The highest BCUT2D eigenvalue weighted by Gasteiger charge is 2.01. The van der Waals surface area contributed by atoms with E-state index in [4.69, 9.17) is 11.6 Å². The molecule has 0 saturated carbocycles. The third-order valence-electron chi connectivity index (χ3n) is 2.05. The molecule has 0 aliphatic heterocycles. The first-order valence-corrected chi connectivity index (χ1v) is 5.97. The minimum Gasteiger partial charge on any atom is -0.205 e. The fourth-order valence-electron chi connectivity index (χ4n) is 1.28. The van der Waals surface area contributed by atoms with Crippen molar-refractivity contribution < 1.29 is 4.39 Å². The van der Waals surface area contributed by atoms with Gasteiger partial charge in [0.1, 0.15) is 5.82 Å². The second kappa shape index (κ2) is 5.72. The number of hydrogen-bond acceptors (Lipinski definition) is 0. The quantitative estimate of drug-likeness (QED) is 0.707. The summed E-state index contributed by atoms with van der Waals surface area (Å²) in [6.07, 6.45) is 3.07. The summed E-state index contributed by atoms with van der Waals surface area (Å²) in [5, 5.41) is 0.197. The first kappa shape index (κ1) is 12.0. The van der Waals surface area contributed by atoms with Gasteiger partial charge < -0.3 is 0 Å². The predicted molar refractivity (Wildman–Crippen MR) is 62.7 cm³/mol. The second-order valence-electron chi connectivity index (χ2n) is 3.42. The van der Waals surface area contributed by atoms with Gasteiger partial charge in [0.15, 0.2) is 0 Å². The average molecular weight is 280 g/mol. The Morgan fingerprint density at radius 1 is 1.50 bits per heavy atom. The lowest BCUT2D eigenvalue weighted by Crippen LogP contribution is -1.93. The maximum atomic E-state index is 13.0. The molecular weight excluding hydrogens is 266 g/mol. The van der Waals surface area contributed by atoms with Gasteiger partial charge in [0.2, 0.25) is 0 Å². The molecule has 78 valence electrons. The molecule has 1 atom stereocenters. The van der Waals surface area contributed by atoms with Gasteiger partial charge in [0, 0.05) is 4.83 Å². The molecule has 0 saturated heterocycles. The standard InChI is InChI=1S/C11H13BrClF/c1-8(12)3-2-4-9-5-6-10(13)11(14)7-9/h5-8H,2-4H2,1H3. The fraction of sp³-hybridized carbons (Fsp3) is 0.455. The highest BCUT2D eigenvalue weighted by Crippen LogP contribution is 2.17. The normalized spacial score (nSPS) is 12.9. The van der Waals surface area contributed by atoms with Crippen molar-refractivity contribution in [3.63, 3.8) is 0 Å². The summed E-state index contributed by atoms with van der Waals surface area (Å²) in [5.74, 6) is -0.323. The number of alkyl halides is 1. The van der Waals surface area contributed by atoms with Gasteiger partial charge in [-0.3, -0.25) is 0 Å². The molecule has 3 heteroatoms. The van der Waals surface area contributed by atoms with Crippen LogP contribution in [0.5, 0.6) is 0 Å². The first-order valence-electron chi connectivity index (χ1n) is 4.67. The zero-order valence-corrected chi connectivity index (χ0v) is 10.4. The Labute approximate surface area is 97.6 Å². The molecule has 0 bridgehead atoms. The highest BCUT2D eigenvalue weighted by atomic mass is 79.9. The van der Waals surface area contributed by atoms with E-state index in [0.29, 0.717) is 4.83 Å². The average Bonchev–Trinajstić information content (AvgIpc) is 2.10. The van der Waals surface area contributed by atoms with Gasteiger partial charge in [-0.1, -0.05) is 40.5 Å². The van der Waals surface area contributed by atoms with E-state index < -0.39 is 0 Å². The van der Waals surface area contributed by atoms with E-state index >= 15 is 0 Å². The second-order valence-corrected chi connectivity index (χ2v) is 5.39. The Morgan fingerprint density at radius 2 is 2.21 bits per heavy atom. The van der Waals surface area contributed by atoms with E-state index in [-0.39, 0.29) is 10.8 Å². The minimum atomic E-state index is -0.323. The van der Waals surface area contributed by atoms with Crippen LogP contribution >= 0.6 is 27.5 Å². The Bertz CT molecular complexity index is 299. The van der Waals surface area contributed by atoms with E-state index in [9.17, 15) is 4.39 Å². The largest absolute Gasteiger partial charge is 0.205 e. The van der Waals surface area contributed by atoms with Crippen LogP contribution in [0.3, 0.4) is 0 Å². The van der Waals surface area contributed by atoms with Gasteiger partial charge in [-0.05, 0) is 37.0 Å². The first-order chi connectivity index (χ1) is 6.59. The molecule has 1 unspecified atom stereocenters. The maximum absolute atomic E-state index is 13.0. The van der Waals surface area contributed by atoms with Crippen LogP contribution in [-0.4, -0.2) is 4.83 Å². The summed E-state index contributed by atoms with van der Waals surface area (Å²) >= 11 is 9.06. The van der Waals surface area contributed by atoms with E-state index in [1.165, 1.54) is 6.07 Å². The Hall–Kier alpha value is -0.0800. The topological polar surface area (TPSA) is 0 Å². The highest BCUT2D eigenvalue weighted by molar-refractivity contribution is 9.09. The van der Waals surface area contributed by atoms with Crippen molar-refractivity contribution in [3.8, 4) is 0 Å². The third-order valence-corrected chi connectivity index (χ3v) is 2.82. The SMILES string of the molecule is CC(Br)CCCc1ccc(Cl)c(F)c1. The monoisotopic (exact) mass is 278 g/mol. The predicted octanol–water partition coefficient (Wildman–Crippen LogP) is 4.59. The molecule has 0 spiro atoms. The lowest BCUT2D eigenvalue weighted by Gasteiger charge is -2.04. The molecule has 0 aliphatic rings. The van der Waals surface area contributed by atoms with Crippen molar-refractivity contribution in [3.05, 3.63) is 34.6 Å². The van der Waals surface area contributed by atoms with Crippen LogP contribution in [0.15, 0.2) is 18.2 Å². The third kappa shape index (κ3) is 3.97. The summed E-state index contributed by atoms with van der Waals surface area (Å²) in [7, 11) is 0. The van der Waals surface area contributed by atoms with Crippen molar-refractivity contribution in [2.75, 3.05) is 0 Å². The van der Waals surface area contributed by atoms with Gasteiger partial charge in [0.05, 0.1) is 5.02 Å². The van der Waals surface area contributed by atoms with E-state index in [0.717, 1.165) is 24.8 Å². The number of aryl methyl sites for hydroxylation is 1. The zero-order valence-electron chi connectivity index (χ0n) is 8.06. The number of rotatable bonds is 4. The van der Waals surface area contributed by atoms with Crippen LogP contribution in [0, 0.1) is 5.82 Å². The van der Waals surface area contributed by atoms with E-state index in [1.807, 2.05) is 6.07 Å². The molecule has 1 aromatic carbocycles. The van der Waals surface area contributed by atoms with Gasteiger partial charge in [0.25, 0.3) is 0 Å². The molecule has 1 aromatic rings. The summed E-state index contributed by atoms with van der Waals surface area (Å²) < 4.78 is 13.0. The molecule has 0 nitrogen and oxygen atoms in total. The maximum Gasteiger partial charge on any atom is 0.142 e. The van der Waals surface area contributed by atoms with Crippen LogP contribution in [-0.2, 0) is 6.42 Å².